The van der Waals surface area contributed by atoms with Gasteiger partial charge in [0.1, 0.15) is 5.82 Å². The van der Waals surface area contributed by atoms with E-state index in [-0.39, 0.29) is 22.2 Å². The fraction of sp³-hybridized carbons (Fsp3) is 0.150. The Bertz CT molecular complexity index is 1070. The molecule has 27 heavy (non-hydrogen) atoms. The molecule has 0 unspecified atom stereocenters. The molecule has 2 aromatic carbocycles. The van der Waals surface area contributed by atoms with Crippen LogP contribution in [-0.2, 0) is 16.4 Å². The minimum atomic E-state index is -3.73. The summed E-state index contributed by atoms with van der Waals surface area (Å²) in [5.41, 5.74) is 1.63. The molecule has 0 atom stereocenters. The normalized spacial score (nSPS) is 11.2. The third-order valence-electron chi connectivity index (χ3n) is 3.91. The number of sulfone groups is 1. The summed E-state index contributed by atoms with van der Waals surface area (Å²) in [7, 11) is -3.73. The van der Waals surface area contributed by atoms with Crippen LogP contribution < -0.4 is 5.32 Å². The summed E-state index contributed by atoms with van der Waals surface area (Å²) < 4.78 is 24.6. The van der Waals surface area contributed by atoms with Gasteiger partial charge >= 0.3 is 0 Å². The predicted molar refractivity (Wildman–Crippen MR) is 104 cm³/mol. The van der Waals surface area contributed by atoms with E-state index in [9.17, 15) is 13.2 Å². The van der Waals surface area contributed by atoms with Gasteiger partial charge in [-0.2, -0.15) is 0 Å². The van der Waals surface area contributed by atoms with E-state index < -0.39 is 15.6 Å². The maximum atomic E-state index is 12.3. The van der Waals surface area contributed by atoms with Crippen LogP contribution in [0.3, 0.4) is 0 Å². The van der Waals surface area contributed by atoms with Crippen molar-refractivity contribution in [1.82, 2.24) is 9.97 Å². The van der Waals surface area contributed by atoms with Gasteiger partial charge in [-0.3, -0.25) is 4.79 Å². The highest BCUT2D eigenvalue weighted by Crippen LogP contribution is 2.26. The van der Waals surface area contributed by atoms with Crippen LogP contribution >= 0.6 is 0 Å². The molecule has 0 spiro atoms. The van der Waals surface area contributed by atoms with Crippen molar-refractivity contribution < 1.29 is 13.2 Å². The van der Waals surface area contributed by atoms with Crippen LogP contribution in [0.15, 0.2) is 65.7 Å². The number of anilines is 1. The van der Waals surface area contributed by atoms with E-state index >= 15 is 0 Å². The Morgan fingerprint density at radius 1 is 0.963 bits per heavy atom. The Labute approximate surface area is 158 Å². The lowest BCUT2D eigenvalue weighted by Crippen LogP contribution is -2.16. The van der Waals surface area contributed by atoms with Crippen LogP contribution in [0.1, 0.15) is 22.8 Å². The summed E-state index contributed by atoms with van der Waals surface area (Å²) in [6.45, 7) is 1.71. The smallest absolute Gasteiger partial charge is 0.193 e. The fourth-order valence-corrected chi connectivity index (χ4v) is 3.52. The first kappa shape index (κ1) is 18.7. The lowest BCUT2D eigenvalue weighted by molar-refractivity contribution is 0.101. The van der Waals surface area contributed by atoms with E-state index in [1.54, 1.807) is 12.1 Å². The number of Topliss-reactive ketones (excluding diaryl/α,β-unsaturated/α-hetero) is 1. The zero-order valence-electron chi connectivity index (χ0n) is 15.0. The first-order valence-electron chi connectivity index (χ1n) is 8.32. The first-order chi connectivity index (χ1) is 12.9. The highest BCUT2D eigenvalue weighted by Gasteiger charge is 2.25. The number of hydrogen-bond donors (Lipinski definition) is 1. The number of hydrogen-bond acceptors (Lipinski definition) is 6. The van der Waals surface area contributed by atoms with E-state index in [0.717, 1.165) is 11.8 Å². The average molecular weight is 381 g/mol. The van der Waals surface area contributed by atoms with Crippen LogP contribution in [0.4, 0.5) is 5.82 Å². The Hall–Kier alpha value is -3.06. The summed E-state index contributed by atoms with van der Waals surface area (Å²) >= 11 is 0. The lowest BCUT2D eigenvalue weighted by Gasteiger charge is -2.14. The maximum Gasteiger partial charge on any atom is 0.193 e. The molecule has 0 radical (unpaired) electrons. The molecule has 7 heteroatoms. The molecule has 1 aromatic heterocycles. The Morgan fingerprint density at radius 2 is 1.56 bits per heavy atom. The molecule has 138 valence electrons. The Kier molecular flexibility index (Phi) is 5.32. The van der Waals surface area contributed by atoms with Gasteiger partial charge in [0.15, 0.2) is 26.5 Å². The minimum absolute atomic E-state index is 0.0203. The molecule has 3 rings (SSSR count). The van der Waals surface area contributed by atoms with Crippen LogP contribution in [0.2, 0.25) is 0 Å². The summed E-state index contributed by atoms with van der Waals surface area (Å²) in [5, 5.41) is 2.83. The van der Waals surface area contributed by atoms with Crippen molar-refractivity contribution >= 4 is 21.4 Å². The van der Waals surface area contributed by atoms with Gasteiger partial charge in [-0.15, -0.1) is 0 Å². The van der Waals surface area contributed by atoms with Gasteiger partial charge < -0.3 is 5.32 Å². The quantitative estimate of drug-likeness (QED) is 0.520. The van der Waals surface area contributed by atoms with Gasteiger partial charge in [0.25, 0.3) is 0 Å². The number of nitrogens with zero attached hydrogens (tertiary/aromatic N) is 2. The number of carbonyl (C=O) groups is 1. The zero-order chi connectivity index (χ0) is 19.4. The number of benzene rings is 2. The van der Waals surface area contributed by atoms with E-state index in [1.807, 2.05) is 48.5 Å². The van der Waals surface area contributed by atoms with Crippen LogP contribution in [0.25, 0.3) is 11.4 Å². The lowest BCUT2D eigenvalue weighted by atomic mass is 10.1. The molecule has 0 saturated heterocycles. The second kappa shape index (κ2) is 7.67. The largest absolute Gasteiger partial charge is 0.365 e. The molecular formula is C20H19N3O3S. The van der Waals surface area contributed by atoms with Gasteiger partial charge in [-0.05, 0) is 12.5 Å². The molecular weight excluding hydrogens is 362 g/mol. The highest BCUT2D eigenvalue weighted by atomic mass is 32.2. The molecule has 0 saturated carbocycles. The van der Waals surface area contributed by atoms with Crippen molar-refractivity contribution in [3.05, 3.63) is 71.8 Å². The summed E-state index contributed by atoms with van der Waals surface area (Å²) in [6.07, 6.45) is 1.04. The maximum absolute atomic E-state index is 12.3. The van der Waals surface area contributed by atoms with Gasteiger partial charge in [0.2, 0.25) is 0 Å². The number of rotatable bonds is 6. The Morgan fingerprint density at radius 3 is 2.11 bits per heavy atom. The van der Waals surface area contributed by atoms with Crippen molar-refractivity contribution in [2.45, 2.75) is 18.5 Å². The molecule has 0 aliphatic rings. The second-order valence-electron chi connectivity index (χ2n) is 6.11. The van der Waals surface area contributed by atoms with Gasteiger partial charge in [0.05, 0.1) is 5.56 Å². The number of aromatic nitrogens is 2. The fourth-order valence-electron chi connectivity index (χ4n) is 2.65. The molecule has 0 aliphatic carbocycles. The standard InChI is InChI=1S/C20H19N3O3S/c1-14(24)17-19(21-13-15-9-5-3-6-10-15)22-18(16-11-7-4-8-12-16)23-20(17)27(2,25)26/h3-12H,13H2,1-2H3,(H,21,22,23). The third-order valence-corrected chi connectivity index (χ3v) is 4.91. The number of ketones is 1. The summed E-state index contributed by atoms with van der Waals surface area (Å²) in [6, 6.07) is 18.6. The van der Waals surface area contributed by atoms with E-state index in [0.29, 0.717) is 12.1 Å². The summed E-state index contributed by atoms with van der Waals surface area (Å²) in [5.74, 6) is 0.0443. The minimum Gasteiger partial charge on any atom is -0.365 e. The zero-order valence-corrected chi connectivity index (χ0v) is 15.8. The van der Waals surface area contributed by atoms with Crippen LogP contribution in [0, 0.1) is 0 Å². The van der Waals surface area contributed by atoms with Gasteiger partial charge in [-0.25, -0.2) is 18.4 Å². The first-order valence-corrected chi connectivity index (χ1v) is 10.2. The van der Waals surface area contributed by atoms with Crippen LogP contribution in [0.5, 0.6) is 0 Å². The highest BCUT2D eigenvalue weighted by molar-refractivity contribution is 7.90. The van der Waals surface area contributed by atoms with E-state index in [2.05, 4.69) is 15.3 Å². The topological polar surface area (TPSA) is 89.0 Å². The average Bonchev–Trinajstić information content (AvgIpc) is 2.66. The molecule has 0 amide bonds. The predicted octanol–water partition coefficient (Wildman–Crippen LogP) is 3.36. The van der Waals surface area contributed by atoms with Gasteiger partial charge in [0, 0.05) is 18.4 Å². The molecule has 6 nitrogen and oxygen atoms in total. The molecule has 1 heterocycles. The molecule has 0 fully saturated rings. The number of nitrogens with one attached hydrogen (secondary N) is 1. The van der Waals surface area contributed by atoms with E-state index in [1.165, 1.54) is 6.92 Å². The molecule has 0 aliphatic heterocycles. The third kappa shape index (κ3) is 4.38. The molecule has 3 aromatic rings. The van der Waals surface area contributed by atoms with Crippen molar-refractivity contribution in [2.24, 2.45) is 0 Å². The number of carbonyl (C=O) groups excluding carboxylic acids is 1. The van der Waals surface area contributed by atoms with Gasteiger partial charge in [-0.1, -0.05) is 60.7 Å². The van der Waals surface area contributed by atoms with Crippen molar-refractivity contribution in [3.63, 3.8) is 0 Å². The monoisotopic (exact) mass is 381 g/mol. The second-order valence-corrected chi connectivity index (χ2v) is 8.04. The van der Waals surface area contributed by atoms with E-state index in [4.69, 9.17) is 0 Å². The molecule has 0 bridgehead atoms. The molecule has 1 N–H and O–H groups in total. The summed E-state index contributed by atoms with van der Waals surface area (Å²) in [4.78, 5) is 20.8. The Balaban J connectivity index is 2.15. The van der Waals surface area contributed by atoms with Crippen LogP contribution in [-0.4, -0.2) is 30.4 Å². The van der Waals surface area contributed by atoms with Crippen molar-refractivity contribution in [2.75, 3.05) is 11.6 Å². The van der Waals surface area contributed by atoms with Crippen molar-refractivity contribution in [1.29, 1.82) is 0 Å². The SMILES string of the molecule is CC(=O)c1c(NCc2ccccc2)nc(-c2ccccc2)nc1S(C)(=O)=O. The van der Waals surface area contributed by atoms with Crippen molar-refractivity contribution in [3.8, 4) is 11.4 Å².